The molecule has 0 N–H and O–H groups in total. The summed E-state index contributed by atoms with van der Waals surface area (Å²) in [6.45, 7) is 6.50. The molecule has 1 rings (SSSR count). The van der Waals surface area contributed by atoms with Crippen LogP contribution in [0.1, 0.15) is 6.42 Å². The number of hydrogen-bond donors (Lipinski definition) is 0. The molecule has 0 amide bonds. The molecule has 1 aliphatic carbocycles. The second-order valence-electron chi connectivity index (χ2n) is 1.38. The molecule has 3 heteroatoms. The van der Waals surface area contributed by atoms with Gasteiger partial charge in [0.05, 0.1) is 0 Å². The van der Waals surface area contributed by atoms with Crippen LogP contribution in [0.15, 0.2) is 18.2 Å². The maximum absolute atomic E-state index is 4.89. The molecule has 0 saturated carbocycles. The van der Waals surface area contributed by atoms with Gasteiger partial charge in [0, 0.05) is 0 Å². The van der Waals surface area contributed by atoms with Crippen LogP contribution in [0.3, 0.4) is 0 Å². The fraction of sp³-hybridized carbons (Fsp3) is 0.333. The van der Waals surface area contributed by atoms with Gasteiger partial charge in [-0.25, -0.2) is 12.2 Å². The Morgan fingerprint density at radius 1 is 1.25 bits per heavy atom. The Balaban J connectivity index is -0.000000104. The van der Waals surface area contributed by atoms with Gasteiger partial charge in [0.25, 0.3) is 0 Å². The first kappa shape index (κ1) is 18.5. The van der Waals surface area contributed by atoms with Crippen LogP contribution in [0, 0.1) is 19.9 Å². The van der Waals surface area contributed by atoms with E-state index in [9.17, 15) is 0 Å². The van der Waals surface area contributed by atoms with Crippen molar-refractivity contribution in [3.8, 4) is 0 Å². The molecule has 0 unspecified atom stereocenters. The Morgan fingerprint density at radius 3 is 1.75 bits per heavy atom. The average Bonchev–Trinajstić information content (AvgIpc) is 2.44. The van der Waals surface area contributed by atoms with Crippen LogP contribution >= 0.6 is 23.2 Å². The van der Waals surface area contributed by atoms with Gasteiger partial charge in [-0.05, 0) is 0 Å². The van der Waals surface area contributed by atoms with Crippen molar-refractivity contribution in [1.29, 1.82) is 0 Å². The largest absolute Gasteiger partial charge is 3.00 e. The zero-order chi connectivity index (χ0) is 8.95. The summed E-state index contributed by atoms with van der Waals surface area (Å²) in [6, 6.07) is 0. The summed E-state index contributed by atoms with van der Waals surface area (Å²) in [4.78, 5) is 0. The van der Waals surface area contributed by atoms with Crippen LogP contribution in [0.4, 0.5) is 0 Å². The zero-order valence-electron chi connectivity index (χ0n) is 7.02. The van der Waals surface area contributed by atoms with Crippen LogP contribution in [0.25, 0.3) is 0 Å². The summed E-state index contributed by atoms with van der Waals surface area (Å²) >= 11 is 9.77. The van der Waals surface area contributed by atoms with E-state index in [0.717, 1.165) is 6.42 Å². The number of rotatable bonds is 0. The molecule has 0 nitrogen and oxygen atoms in total. The van der Waals surface area contributed by atoms with Gasteiger partial charge in [-0.15, -0.1) is 18.2 Å². The number of hydrogen-bond acceptors (Lipinski definition) is 0. The smallest absolute Gasteiger partial charge is 0.329 e. The van der Waals surface area contributed by atoms with Crippen molar-refractivity contribution in [3.05, 3.63) is 38.2 Å². The molecule has 1 radical (unpaired) electrons. The van der Waals surface area contributed by atoms with E-state index >= 15 is 0 Å². The van der Waals surface area contributed by atoms with Crippen LogP contribution in [-0.2, 0) is 21.7 Å². The molecule has 0 fully saturated rings. The normalized spacial score (nSPS) is 10.3. The van der Waals surface area contributed by atoms with Gasteiger partial charge in [-0.1, -0.05) is 0 Å². The van der Waals surface area contributed by atoms with Crippen molar-refractivity contribution >= 4 is 23.2 Å². The maximum Gasteiger partial charge on any atom is 3.00 e. The quantitative estimate of drug-likeness (QED) is 0.345. The van der Waals surface area contributed by atoms with E-state index < -0.39 is 0 Å². The minimum Gasteiger partial charge on any atom is -0.329 e. The van der Waals surface area contributed by atoms with Crippen molar-refractivity contribution in [2.45, 2.75) is 6.42 Å². The Hall–Kier alpha value is 0.774. The molecule has 0 bridgehead atoms. The predicted octanol–water partition coefficient (Wildman–Crippen LogP) is 3.42. The van der Waals surface area contributed by atoms with E-state index in [4.69, 9.17) is 23.2 Å². The fourth-order valence-electron chi connectivity index (χ4n) is 0.340. The third-order valence-corrected chi connectivity index (χ3v) is 0.586. The number of allylic oxidation sites excluding steroid dienone is 4. The standard InChI is InChI=1S/C5H5.2C2H4Cl.Ti/c1-2-4-5-3-1;2*1-2-3;/h1-3H,4H2;2*1-2H2;/q3*-1;+3. The summed E-state index contributed by atoms with van der Waals surface area (Å²) in [7, 11) is 0. The number of alkyl halides is 2. The average molecular weight is 240 g/mol. The first-order valence-corrected chi connectivity index (χ1v) is 4.32. The molecule has 0 aromatic carbocycles. The molecule has 0 aliphatic heterocycles. The van der Waals surface area contributed by atoms with E-state index in [1.165, 1.54) is 0 Å². The maximum atomic E-state index is 4.89. The van der Waals surface area contributed by atoms with Gasteiger partial charge in [0.15, 0.2) is 0 Å². The molecular weight excluding hydrogens is 227 g/mol. The molecule has 12 heavy (non-hydrogen) atoms. The monoisotopic (exact) mass is 239 g/mol. The Labute approximate surface area is 101 Å². The molecular formula is C9H13Cl2Ti. The molecule has 0 aromatic heterocycles. The van der Waals surface area contributed by atoms with Crippen LogP contribution in [-0.4, -0.2) is 11.8 Å². The topological polar surface area (TPSA) is 0 Å². The van der Waals surface area contributed by atoms with Crippen molar-refractivity contribution in [1.82, 2.24) is 0 Å². The van der Waals surface area contributed by atoms with Gasteiger partial charge in [0.1, 0.15) is 0 Å². The minimum absolute atomic E-state index is 0. The summed E-state index contributed by atoms with van der Waals surface area (Å²) in [6.07, 6.45) is 10.0. The molecule has 0 aromatic rings. The zero-order valence-corrected chi connectivity index (χ0v) is 10.1. The van der Waals surface area contributed by atoms with Gasteiger partial charge in [-0.2, -0.15) is 29.3 Å². The Morgan fingerprint density at radius 2 is 1.67 bits per heavy atom. The van der Waals surface area contributed by atoms with Crippen LogP contribution in [0.5, 0.6) is 0 Å². The molecule has 0 heterocycles. The molecule has 0 saturated heterocycles. The second-order valence-corrected chi connectivity index (χ2v) is 2.14. The predicted molar refractivity (Wildman–Crippen MR) is 53.7 cm³/mol. The minimum atomic E-state index is 0. The Bertz CT molecular complexity index is 88.7. The van der Waals surface area contributed by atoms with E-state index in [1.54, 1.807) is 0 Å². The van der Waals surface area contributed by atoms with E-state index in [0.29, 0.717) is 11.8 Å². The molecule has 67 valence electrons. The van der Waals surface area contributed by atoms with Crippen LogP contribution < -0.4 is 0 Å². The van der Waals surface area contributed by atoms with Crippen molar-refractivity contribution < 1.29 is 21.7 Å². The van der Waals surface area contributed by atoms with E-state index in [-0.39, 0.29) is 21.7 Å². The van der Waals surface area contributed by atoms with Crippen LogP contribution in [0.2, 0.25) is 0 Å². The van der Waals surface area contributed by atoms with Gasteiger partial charge < -0.3 is 13.8 Å². The van der Waals surface area contributed by atoms with Gasteiger partial charge in [-0.3, -0.25) is 6.08 Å². The number of halogens is 2. The third-order valence-electron chi connectivity index (χ3n) is 0.586. The first-order chi connectivity index (χ1) is 5.33. The SMILES string of the molecule is [C-]1=CC=CC1.[CH2-]CCl.[CH2-]CCl.[Ti+3]. The van der Waals surface area contributed by atoms with Gasteiger partial charge >= 0.3 is 21.7 Å². The van der Waals surface area contributed by atoms with E-state index in [2.05, 4.69) is 26.0 Å². The van der Waals surface area contributed by atoms with Gasteiger partial charge in [0.2, 0.25) is 0 Å². The molecule has 0 atom stereocenters. The molecule has 1 aliphatic rings. The van der Waals surface area contributed by atoms with Crippen molar-refractivity contribution in [3.63, 3.8) is 0 Å². The molecule has 0 spiro atoms. The fourth-order valence-corrected chi connectivity index (χ4v) is 0.340. The summed E-state index contributed by atoms with van der Waals surface area (Å²) in [5.41, 5.74) is 0. The van der Waals surface area contributed by atoms with E-state index in [1.807, 2.05) is 12.2 Å². The van der Waals surface area contributed by atoms with Crippen molar-refractivity contribution in [2.24, 2.45) is 0 Å². The first-order valence-electron chi connectivity index (χ1n) is 3.25. The third kappa shape index (κ3) is 30.9. The summed E-state index contributed by atoms with van der Waals surface area (Å²) in [5, 5.41) is 0. The summed E-state index contributed by atoms with van der Waals surface area (Å²) in [5.74, 6) is 0.944. The Kier molecular flexibility index (Phi) is 34.9. The summed E-state index contributed by atoms with van der Waals surface area (Å²) < 4.78 is 0. The van der Waals surface area contributed by atoms with Crippen molar-refractivity contribution in [2.75, 3.05) is 11.8 Å². The second kappa shape index (κ2) is 22.6.